The van der Waals surface area contributed by atoms with Gasteiger partial charge in [-0.2, -0.15) is 0 Å². The largest absolute Gasteiger partial charge is 0.337 e. The van der Waals surface area contributed by atoms with Gasteiger partial charge in [-0.3, -0.25) is 9.78 Å². The molecule has 1 aliphatic rings. The van der Waals surface area contributed by atoms with Crippen molar-refractivity contribution in [1.82, 2.24) is 14.6 Å². The Morgan fingerprint density at radius 2 is 2.00 bits per heavy atom. The maximum atomic E-state index is 13.0. The molecule has 0 fully saturated rings. The van der Waals surface area contributed by atoms with Gasteiger partial charge in [0.05, 0.1) is 11.7 Å². The Hall–Kier alpha value is -2.25. The van der Waals surface area contributed by atoms with Crippen LogP contribution in [-0.2, 0) is 34.3 Å². The van der Waals surface area contributed by atoms with Gasteiger partial charge in [0.15, 0.2) is 0 Å². The highest BCUT2D eigenvalue weighted by molar-refractivity contribution is 7.89. The van der Waals surface area contributed by atoms with Crippen LogP contribution in [0.3, 0.4) is 0 Å². The van der Waals surface area contributed by atoms with E-state index in [-0.39, 0.29) is 24.1 Å². The van der Waals surface area contributed by atoms with Crippen molar-refractivity contribution in [1.29, 1.82) is 0 Å². The number of sulfonamides is 1. The van der Waals surface area contributed by atoms with Gasteiger partial charge < -0.3 is 4.90 Å². The molecule has 0 saturated heterocycles. The molecule has 0 bridgehead atoms. The Kier molecular flexibility index (Phi) is 6.70. The predicted octanol–water partition coefficient (Wildman–Crippen LogP) is 2.91. The van der Waals surface area contributed by atoms with E-state index in [1.165, 1.54) is 0 Å². The van der Waals surface area contributed by atoms with E-state index in [9.17, 15) is 13.2 Å². The summed E-state index contributed by atoms with van der Waals surface area (Å²) in [5, 5.41) is 0. The van der Waals surface area contributed by atoms with Crippen molar-refractivity contribution in [2.45, 2.75) is 52.6 Å². The highest BCUT2D eigenvalue weighted by atomic mass is 32.2. The molecule has 1 atom stereocenters. The van der Waals surface area contributed by atoms with Crippen molar-refractivity contribution in [2.75, 3.05) is 12.3 Å². The van der Waals surface area contributed by atoms with Crippen LogP contribution < -0.4 is 4.72 Å². The van der Waals surface area contributed by atoms with Gasteiger partial charge in [0.25, 0.3) is 0 Å². The first-order chi connectivity index (χ1) is 13.8. The Morgan fingerprint density at radius 1 is 1.28 bits per heavy atom. The summed E-state index contributed by atoms with van der Waals surface area (Å²) in [6, 6.07) is 9.80. The molecule has 7 heteroatoms. The first kappa shape index (κ1) is 21.5. The second kappa shape index (κ2) is 9.05. The smallest absolute Gasteiger partial charge is 0.230 e. The minimum Gasteiger partial charge on any atom is -0.337 e. The Labute approximate surface area is 173 Å². The van der Waals surface area contributed by atoms with Gasteiger partial charge in [-0.25, -0.2) is 13.1 Å². The summed E-state index contributed by atoms with van der Waals surface area (Å²) >= 11 is 0. The lowest BCUT2D eigenvalue weighted by Gasteiger charge is -2.32. The van der Waals surface area contributed by atoms with Gasteiger partial charge in [0.1, 0.15) is 0 Å². The van der Waals surface area contributed by atoms with Gasteiger partial charge in [-0.05, 0) is 48.9 Å². The fourth-order valence-electron chi connectivity index (χ4n) is 3.83. The number of amides is 1. The summed E-state index contributed by atoms with van der Waals surface area (Å²) in [6.07, 6.45) is 3.11. The molecule has 2 heterocycles. The molecule has 0 spiro atoms. The zero-order chi connectivity index (χ0) is 21.0. The van der Waals surface area contributed by atoms with Gasteiger partial charge in [0, 0.05) is 31.5 Å². The maximum Gasteiger partial charge on any atom is 0.230 e. The third kappa shape index (κ3) is 5.03. The molecular weight excluding hydrogens is 386 g/mol. The van der Waals surface area contributed by atoms with E-state index >= 15 is 0 Å². The number of pyridine rings is 1. The van der Waals surface area contributed by atoms with Crippen LogP contribution >= 0.6 is 0 Å². The number of benzene rings is 1. The molecule has 6 nitrogen and oxygen atoms in total. The molecule has 2 aromatic rings. The number of hydrogen-bond acceptors (Lipinski definition) is 4. The maximum absolute atomic E-state index is 13.0. The van der Waals surface area contributed by atoms with Crippen molar-refractivity contribution >= 4 is 15.9 Å². The Bertz CT molecular complexity index is 974. The SMILES string of the molecule is CCCS(=O)(=O)NCc1c(C)ncc2c1CCN(C(=O)[C@@H](C)c1ccccc1)C2. The van der Waals surface area contributed by atoms with Crippen molar-refractivity contribution in [3.05, 3.63) is 64.5 Å². The van der Waals surface area contributed by atoms with Crippen LogP contribution in [0.15, 0.2) is 36.5 Å². The quantitative estimate of drug-likeness (QED) is 0.754. The summed E-state index contributed by atoms with van der Waals surface area (Å²) < 4.78 is 26.8. The third-order valence-electron chi connectivity index (χ3n) is 5.52. The number of nitrogens with one attached hydrogen (secondary N) is 1. The fraction of sp³-hybridized carbons (Fsp3) is 0.455. The average molecular weight is 416 g/mol. The van der Waals surface area contributed by atoms with E-state index in [0.29, 0.717) is 25.9 Å². The van der Waals surface area contributed by atoms with Crippen molar-refractivity contribution in [3.8, 4) is 0 Å². The van der Waals surface area contributed by atoms with E-state index in [0.717, 1.165) is 27.9 Å². The second-order valence-electron chi connectivity index (χ2n) is 7.61. The molecule has 156 valence electrons. The normalized spacial score (nSPS) is 15.1. The minimum absolute atomic E-state index is 0.104. The fourth-order valence-corrected chi connectivity index (χ4v) is 4.87. The number of aryl methyl sites for hydroxylation is 1. The van der Waals surface area contributed by atoms with Crippen LogP contribution in [-0.4, -0.2) is 36.5 Å². The first-order valence-corrected chi connectivity index (χ1v) is 11.7. The first-order valence-electron chi connectivity index (χ1n) is 10.1. The van der Waals surface area contributed by atoms with Gasteiger partial charge in [0.2, 0.25) is 15.9 Å². The number of hydrogen-bond donors (Lipinski definition) is 1. The van der Waals surface area contributed by atoms with E-state index < -0.39 is 10.0 Å². The molecule has 1 N–H and O–H groups in total. The summed E-state index contributed by atoms with van der Waals surface area (Å²) in [5.74, 6) is 0.0258. The third-order valence-corrected chi connectivity index (χ3v) is 7.05. The van der Waals surface area contributed by atoms with Gasteiger partial charge >= 0.3 is 0 Å². The molecule has 1 aromatic carbocycles. The molecule has 29 heavy (non-hydrogen) atoms. The lowest BCUT2D eigenvalue weighted by Crippen LogP contribution is -2.39. The number of carbonyl (C=O) groups is 1. The molecule has 1 amide bonds. The summed E-state index contributed by atoms with van der Waals surface area (Å²) in [7, 11) is -3.28. The Balaban J connectivity index is 1.76. The van der Waals surface area contributed by atoms with Crippen LogP contribution in [0, 0.1) is 6.92 Å². The van der Waals surface area contributed by atoms with Crippen molar-refractivity contribution < 1.29 is 13.2 Å². The molecular formula is C22H29N3O3S. The van der Waals surface area contributed by atoms with Crippen molar-refractivity contribution in [3.63, 3.8) is 0 Å². The number of nitrogens with zero attached hydrogens (tertiary/aromatic N) is 2. The van der Waals surface area contributed by atoms with Crippen LogP contribution in [0.25, 0.3) is 0 Å². The van der Waals surface area contributed by atoms with Gasteiger partial charge in [-0.15, -0.1) is 0 Å². The number of carbonyl (C=O) groups excluding carboxylic acids is 1. The summed E-state index contributed by atoms with van der Waals surface area (Å²) in [6.45, 7) is 7.07. The van der Waals surface area contributed by atoms with Gasteiger partial charge in [-0.1, -0.05) is 37.3 Å². The molecule has 3 rings (SSSR count). The highest BCUT2D eigenvalue weighted by Crippen LogP contribution is 2.27. The predicted molar refractivity (Wildman–Crippen MR) is 114 cm³/mol. The Morgan fingerprint density at radius 3 is 2.69 bits per heavy atom. The zero-order valence-electron chi connectivity index (χ0n) is 17.3. The minimum atomic E-state index is -3.28. The number of rotatable bonds is 7. The van der Waals surface area contributed by atoms with Crippen LogP contribution in [0.1, 0.15) is 54.1 Å². The summed E-state index contributed by atoms with van der Waals surface area (Å²) in [5.41, 5.74) is 4.90. The summed E-state index contributed by atoms with van der Waals surface area (Å²) in [4.78, 5) is 19.3. The van der Waals surface area contributed by atoms with E-state index in [4.69, 9.17) is 0 Å². The molecule has 0 radical (unpaired) electrons. The van der Waals surface area contributed by atoms with Crippen LogP contribution in [0.5, 0.6) is 0 Å². The molecule has 0 aliphatic carbocycles. The second-order valence-corrected chi connectivity index (χ2v) is 9.53. The van der Waals surface area contributed by atoms with E-state index in [1.54, 1.807) is 0 Å². The topological polar surface area (TPSA) is 79.4 Å². The number of fused-ring (bicyclic) bond motifs is 1. The van der Waals surface area contributed by atoms with Crippen LogP contribution in [0.4, 0.5) is 0 Å². The lowest BCUT2D eigenvalue weighted by atomic mass is 9.93. The average Bonchev–Trinajstić information content (AvgIpc) is 2.72. The van der Waals surface area contributed by atoms with E-state index in [2.05, 4.69) is 9.71 Å². The number of aromatic nitrogens is 1. The van der Waals surface area contributed by atoms with Crippen molar-refractivity contribution in [2.24, 2.45) is 0 Å². The standard InChI is InChI=1S/C22H29N3O3S/c1-4-12-29(27,28)24-14-21-17(3)23-13-19-15-25(11-10-20(19)21)22(26)16(2)18-8-6-5-7-9-18/h5-9,13,16,24H,4,10-12,14-15H2,1-3H3/t16-/m0/s1. The molecule has 1 aliphatic heterocycles. The van der Waals surface area contributed by atoms with Crippen LogP contribution in [0.2, 0.25) is 0 Å². The van der Waals surface area contributed by atoms with E-state index in [1.807, 2.05) is 62.2 Å². The highest BCUT2D eigenvalue weighted by Gasteiger charge is 2.27. The monoisotopic (exact) mass is 415 g/mol. The molecule has 0 unspecified atom stereocenters. The lowest BCUT2D eigenvalue weighted by molar-refractivity contribution is -0.133. The zero-order valence-corrected chi connectivity index (χ0v) is 18.1. The molecule has 0 saturated carbocycles. The molecule has 1 aromatic heterocycles.